The molecule has 0 saturated heterocycles. The fourth-order valence-corrected chi connectivity index (χ4v) is 1.78. The molecule has 0 fully saturated rings. The van der Waals surface area contributed by atoms with Gasteiger partial charge < -0.3 is 15.2 Å². The van der Waals surface area contributed by atoms with Gasteiger partial charge in [0.2, 0.25) is 0 Å². The van der Waals surface area contributed by atoms with E-state index in [1.165, 1.54) is 0 Å². The molecule has 0 radical (unpaired) electrons. The second kappa shape index (κ2) is 8.32. The fourth-order valence-electron chi connectivity index (χ4n) is 1.78. The van der Waals surface area contributed by atoms with Gasteiger partial charge in [-0.25, -0.2) is 0 Å². The van der Waals surface area contributed by atoms with E-state index < -0.39 is 5.97 Å². The van der Waals surface area contributed by atoms with Crippen molar-refractivity contribution in [1.82, 2.24) is 5.32 Å². The number of nitrogens with one attached hydrogen (secondary N) is 1. The predicted octanol–water partition coefficient (Wildman–Crippen LogP) is 2.11. The van der Waals surface area contributed by atoms with Gasteiger partial charge in [-0.05, 0) is 51.1 Å². The highest BCUT2D eigenvalue weighted by Gasteiger charge is 2.14. The van der Waals surface area contributed by atoms with Crippen molar-refractivity contribution in [3.8, 4) is 5.75 Å². The fraction of sp³-hybridized carbons (Fsp3) is 0.467. The Bertz CT molecular complexity index is 442. The molecule has 1 aromatic carbocycles. The Kier molecular flexibility index (Phi) is 6.73. The predicted molar refractivity (Wildman–Crippen MR) is 76.3 cm³/mol. The van der Waals surface area contributed by atoms with Crippen molar-refractivity contribution in [2.75, 3.05) is 13.2 Å². The third-order valence-corrected chi connectivity index (χ3v) is 2.86. The third kappa shape index (κ3) is 5.40. The molecule has 0 aliphatic heterocycles. The number of carbonyl (C=O) groups is 2. The van der Waals surface area contributed by atoms with Crippen molar-refractivity contribution in [2.45, 2.75) is 32.7 Å². The van der Waals surface area contributed by atoms with Crippen LogP contribution in [-0.4, -0.2) is 36.1 Å². The lowest BCUT2D eigenvalue weighted by Crippen LogP contribution is -2.34. The van der Waals surface area contributed by atoms with Crippen molar-refractivity contribution < 1.29 is 19.4 Å². The van der Waals surface area contributed by atoms with Crippen molar-refractivity contribution in [3.05, 3.63) is 29.8 Å². The van der Waals surface area contributed by atoms with E-state index in [0.29, 0.717) is 25.1 Å². The zero-order chi connectivity index (χ0) is 15.0. The molecule has 0 aromatic heterocycles. The van der Waals surface area contributed by atoms with Crippen LogP contribution in [0.3, 0.4) is 0 Å². The van der Waals surface area contributed by atoms with Crippen LogP contribution in [-0.2, 0) is 4.79 Å². The molecular formula is C15H21NO4. The average Bonchev–Trinajstić information content (AvgIpc) is 2.43. The van der Waals surface area contributed by atoms with Gasteiger partial charge in [0.05, 0.1) is 12.6 Å². The quantitative estimate of drug-likeness (QED) is 0.535. The summed E-state index contributed by atoms with van der Waals surface area (Å²) in [6.07, 6.45) is 0.618. The molecule has 20 heavy (non-hydrogen) atoms. The van der Waals surface area contributed by atoms with Crippen molar-refractivity contribution in [3.63, 3.8) is 0 Å². The van der Waals surface area contributed by atoms with E-state index in [4.69, 9.17) is 9.84 Å². The number of benzene rings is 1. The molecule has 1 unspecified atom stereocenters. The first-order valence-electron chi connectivity index (χ1n) is 6.76. The minimum Gasteiger partial charge on any atom is -0.494 e. The maximum atomic E-state index is 12.1. The monoisotopic (exact) mass is 279 g/mol. The van der Waals surface area contributed by atoms with Crippen LogP contribution in [0.2, 0.25) is 0 Å². The standard InChI is InChI=1S/C15H21NO4/c1-3-20-13-8-6-12(7-9-13)15(19)11(2)16-10-4-5-14(17)18/h6-9,11,16H,3-5,10H2,1-2H3,(H,17,18). The van der Waals surface area contributed by atoms with Crippen molar-refractivity contribution in [2.24, 2.45) is 0 Å². The minimum absolute atomic E-state index is 0.0108. The largest absolute Gasteiger partial charge is 0.494 e. The molecule has 0 aliphatic carbocycles. The molecule has 0 saturated carbocycles. The summed E-state index contributed by atoms with van der Waals surface area (Å²) in [7, 11) is 0. The topological polar surface area (TPSA) is 75.6 Å². The molecule has 5 heteroatoms. The number of hydrogen-bond acceptors (Lipinski definition) is 4. The molecule has 1 atom stereocenters. The Morgan fingerprint density at radius 3 is 2.50 bits per heavy atom. The van der Waals surface area contributed by atoms with Gasteiger partial charge in [0.15, 0.2) is 5.78 Å². The molecule has 110 valence electrons. The number of ketones is 1. The van der Waals surface area contributed by atoms with Crippen molar-refractivity contribution >= 4 is 11.8 Å². The highest BCUT2D eigenvalue weighted by atomic mass is 16.5. The summed E-state index contributed by atoms with van der Waals surface area (Å²) in [5, 5.41) is 11.6. The lowest BCUT2D eigenvalue weighted by atomic mass is 10.1. The van der Waals surface area contributed by atoms with Crippen LogP contribution in [0.4, 0.5) is 0 Å². The first-order valence-corrected chi connectivity index (χ1v) is 6.76. The van der Waals surface area contributed by atoms with E-state index in [1.54, 1.807) is 31.2 Å². The first-order chi connectivity index (χ1) is 9.54. The molecular weight excluding hydrogens is 258 g/mol. The summed E-state index contributed by atoms with van der Waals surface area (Å²) >= 11 is 0. The summed E-state index contributed by atoms with van der Waals surface area (Å²) in [5.74, 6) is -0.0909. The van der Waals surface area contributed by atoms with E-state index in [1.807, 2.05) is 6.92 Å². The van der Waals surface area contributed by atoms with Gasteiger partial charge in [-0.15, -0.1) is 0 Å². The van der Waals surface area contributed by atoms with Gasteiger partial charge in [0, 0.05) is 12.0 Å². The van der Waals surface area contributed by atoms with E-state index >= 15 is 0 Å². The smallest absolute Gasteiger partial charge is 0.303 e. The zero-order valence-electron chi connectivity index (χ0n) is 11.9. The zero-order valence-corrected chi connectivity index (χ0v) is 11.9. The Hall–Kier alpha value is -1.88. The number of ether oxygens (including phenoxy) is 1. The molecule has 0 bridgehead atoms. The van der Waals surface area contributed by atoms with Crippen LogP contribution >= 0.6 is 0 Å². The number of carbonyl (C=O) groups excluding carboxylic acids is 1. The Morgan fingerprint density at radius 2 is 1.95 bits per heavy atom. The van der Waals surface area contributed by atoms with Gasteiger partial charge in [-0.2, -0.15) is 0 Å². The lowest BCUT2D eigenvalue weighted by Gasteiger charge is -2.12. The number of carboxylic acids is 1. The van der Waals surface area contributed by atoms with E-state index in [9.17, 15) is 9.59 Å². The minimum atomic E-state index is -0.822. The SMILES string of the molecule is CCOc1ccc(C(=O)C(C)NCCCC(=O)O)cc1. The molecule has 0 aliphatic rings. The van der Waals surface area contributed by atoms with E-state index in [-0.39, 0.29) is 18.2 Å². The van der Waals surface area contributed by atoms with Gasteiger partial charge in [0.25, 0.3) is 0 Å². The number of aliphatic carboxylic acids is 1. The number of carboxylic acid groups (broad SMARTS) is 1. The Labute approximate surface area is 118 Å². The van der Waals surface area contributed by atoms with Gasteiger partial charge in [-0.1, -0.05) is 0 Å². The molecule has 1 rings (SSSR count). The van der Waals surface area contributed by atoms with Gasteiger partial charge in [-0.3, -0.25) is 9.59 Å². The summed E-state index contributed by atoms with van der Waals surface area (Å²) < 4.78 is 5.32. The van der Waals surface area contributed by atoms with Gasteiger partial charge in [0.1, 0.15) is 5.75 Å². The third-order valence-electron chi connectivity index (χ3n) is 2.86. The summed E-state index contributed by atoms with van der Waals surface area (Å²) in [6, 6.07) is 6.69. The van der Waals surface area contributed by atoms with E-state index in [0.717, 1.165) is 5.75 Å². The highest BCUT2D eigenvalue weighted by molar-refractivity contribution is 5.99. The number of Topliss-reactive ketones (excluding diaryl/α,β-unsaturated/α-hetero) is 1. The number of hydrogen-bond donors (Lipinski definition) is 2. The Morgan fingerprint density at radius 1 is 1.30 bits per heavy atom. The highest BCUT2D eigenvalue weighted by Crippen LogP contribution is 2.13. The lowest BCUT2D eigenvalue weighted by molar-refractivity contribution is -0.137. The van der Waals surface area contributed by atoms with Gasteiger partial charge >= 0.3 is 5.97 Å². The van der Waals surface area contributed by atoms with Crippen LogP contribution < -0.4 is 10.1 Å². The van der Waals surface area contributed by atoms with Crippen LogP contribution in [0.5, 0.6) is 5.75 Å². The van der Waals surface area contributed by atoms with Crippen LogP contribution in [0.15, 0.2) is 24.3 Å². The molecule has 1 aromatic rings. The molecule has 0 heterocycles. The average molecular weight is 279 g/mol. The maximum absolute atomic E-state index is 12.1. The maximum Gasteiger partial charge on any atom is 0.303 e. The van der Waals surface area contributed by atoms with Crippen LogP contribution in [0.1, 0.15) is 37.0 Å². The summed E-state index contributed by atoms with van der Waals surface area (Å²) in [5.41, 5.74) is 0.617. The van der Waals surface area contributed by atoms with E-state index in [2.05, 4.69) is 5.32 Å². The summed E-state index contributed by atoms with van der Waals surface area (Å²) in [4.78, 5) is 22.5. The first kappa shape index (κ1) is 16.2. The second-order valence-corrected chi connectivity index (χ2v) is 4.49. The molecule has 5 nitrogen and oxygen atoms in total. The molecule has 0 spiro atoms. The normalized spacial score (nSPS) is 11.9. The second-order valence-electron chi connectivity index (χ2n) is 4.49. The molecule has 0 amide bonds. The van der Waals surface area contributed by atoms with Crippen LogP contribution in [0.25, 0.3) is 0 Å². The number of rotatable bonds is 9. The van der Waals surface area contributed by atoms with Crippen LogP contribution in [0, 0.1) is 0 Å². The Balaban J connectivity index is 2.45. The summed E-state index contributed by atoms with van der Waals surface area (Å²) in [6.45, 7) is 4.78. The molecule has 2 N–H and O–H groups in total. The van der Waals surface area contributed by atoms with Crippen molar-refractivity contribution in [1.29, 1.82) is 0 Å².